The van der Waals surface area contributed by atoms with Crippen molar-refractivity contribution in [1.82, 2.24) is 15.1 Å². The van der Waals surface area contributed by atoms with E-state index in [4.69, 9.17) is 5.11 Å². The van der Waals surface area contributed by atoms with E-state index in [9.17, 15) is 9.59 Å². The first-order valence-electron chi connectivity index (χ1n) is 9.30. The van der Waals surface area contributed by atoms with Crippen molar-refractivity contribution in [2.45, 2.75) is 70.9 Å². The normalized spacial score (nSPS) is 23.5. The molecule has 0 aromatic carbocycles. The number of aromatic nitrogens is 2. The monoisotopic (exact) mass is 348 g/mol. The number of hydrogen-bond acceptors (Lipinski definition) is 3. The lowest BCUT2D eigenvalue weighted by Crippen LogP contribution is -2.41. The second kappa shape index (κ2) is 7.45. The van der Waals surface area contributed by atoms with Gasteiger partial charge >= 0.3 is 12.0 Å². The Morgan fingerprint density at radius 1 is 1.24 bits per heavy atom. The first kappa shape index (κ1) is 17.8. The van der Waals surface area contributed by atoms with Crippen LogP contribution in [-0.4, -0.2) is 32.9 Å². The van der Waals surface area contributed by atoms with Crippen LogP contribution in [0, 0.1) is 11.8 Å². The van der Waals surface area contributed by atoms with Gasteiger partial charge < -0.3 is 15.7 Å². The third-order valence-corrected chi connectivity index (χ3v) is 5.04. The van der Waals surface area contributed by atoms with E-state index >= 15 is 0 Å². The molecule has 0 bridgehead atoms. The van der Waals surface area contributed by atoms with Crippen LogP contribution >= 0.6 is 0 Å². The summed E-state index contributed by atoms with van der Waals surface area (Å²) in [4.78, 5) is 23.3. The molecule has 7 heteroatoms. The van der Waals surface area contributed by atoms with Crippen LogP contribution in [-0.2, 0) is 11.3 Å². The fraction of sp³-hybridized carbons (Fsp3) is 0.722. The Morgan fingerprint density at radius 2 is 1.92 bits per heavy atom. The second-order valence-electron chi connectivity index (χ2n) is 7.78. The third kappa shape index (κ3) is 4.52. The number of carboxylic acids is 1. The van der Waals surface area contributed by atoms with Gasteiger partial charge in [-0.05, 0) is 44.4 Å². The third-order valence-electron chi connectivity index (χ3n) is 5.04. The minimum atomic E-state index is -0.727. The molecule has 0 radical (unpaired) electrons. The van der Waals surface area contributed by atoms with Crippen molar-refractivity contribution in [2.75, 3.05) is 5.32 Å². The van der Waals surface area contributed by atoms with Crippen molar-refractivity contribution in [2.24, 2.45) is 11.8 Å². The van der Waals surface area contributed by atoms with Gasteiger partial charge in [-0.1, -0.05) is 13.8 Å². The molecule has 0 spiro atoms. The van der Waals surface area contributed by atoms with Gasteiger partial charge in [0.25, 0.3) is 0 Å². The van der Waals surface area contributed by atoms with Gasteiger partial charge in [-0.2, -0.15) is 5.10 Å². The fourth-order valence-electron chi connectivity index (χ4n) is 3.60. The van der Waals surface area contributed by atoms with Gasteiger partial charge in [0, 0.05) is 18.5 Å². The summed E-state index contributed by atoms with van der Waals surface area (Å²) in [6, 6.07) is -0.171. The molecule has 1 aromatic rings. The number of anilines is 1. The van der Waals surface area contributed by atoms with E-state index in [1.54, 1.807) is 6.20 Å². The zero-order valence-electron chi connectivity index (χ0n) is 15.0. The van der Waals surface area contributed by atoms with Crippen LogP contribution in [0.4, 0.5) is 10.5 Å². The molecule has 2 saturated carbocycles. The summed E-state index contributed by atoms with van der Waals surface area (Å²) in [5.74, 6) is 0.0115. The molecule has 138 valence electrons. The molecule has 2 fully saturated rings. The van der Waals surface area contributed by atoms with Gasteiger partial charge in [-0.25, -0.2) is 4.79 Å². The van der Waals surface area contributed by atoms with Gasteiger partial charge in [0.2, 0.25) is 0 Å². The molecule has 3 rings (SSSR count). The molecule has 2 aliphatic rings. The second-order valence-corrected chi connectivity index (χ2v) is 7.78. The van der Waals surface area contributed by atoms with Gasteiger partial charge in [0.1, 0.15) is 0 Å². The van der Waals surface area contributed by atoms with Crippen molar-refractivity contribution in [3.8, 4) is 0 Å². The Bertz CT molecular complexity index is 628. The lowest BCUT2D eigenvalue weighted by atomic mass is 9.86. The molecule has 0 aliphatic heterocycles. The Kier molecular flexibility index (Phi) is 5.30. The molecule has 1 heterocycles. The standard InChI is InChI=1S/C18H28N4O3/c1-11(2)10-22-16(12-3-4-12)15(9-19-22)21-18(25)20-14-7-5-13(6-8-14)17(23)24/h9,11-14H,3-8,10H2,1-2H3,(H,23,24)(H2,20,21,25). The number of hydrogen-bond donors (Lipinski definition) is 3. The molecule has 0 unspecified atom stereocenters. The summed E-state index contributed by atoms with van der Waals surface area (Å²) < 4.78 is 2.02. The smallest absolute Gasteiger partial charge is 0.319 e. The van der Waals surface area contributed by atoms with E-state index in [0.29, 0.717) is 37.5 Å². The summed E-state index contributed by atoms with van der Waals surface area (Å²) in [6.07, 6.45) is 6.73. The molecule has 7 nitrogen and oxygen atoms in total. The highest BCUT2D eigenvalue weighted by atomic mass is 16.4. The number of carbonyl (C=O) groups excluding carboxylic acids is 1. The number of nitrogens with one attached hydrogen (secondary N) is 2. The number of amides is 2. The summed E-state index contributed by atoms with van der Waals surface area (Å²) >= 11 is 0. The van der Waals surface area contributed by atoms with E-state index in [2.05, 4.69) is 29.6 Å². The Hall–Kier alpha value is -2.05. The number of carbonyl (C=O) groups is 2. The Labute approximate surface area is 148 Å². The van der Waals surface area contributed by atoms with Crippen molar-refractivity contribution in [3.05, 3.63) is 11.9 Å². The Balaban J connectivity index is 1.56. The number of rotatable bonds is 6. The molecular formula is C18H28N4O3. The summed E-state index contributed by atoms with van der Waals surface area (Å²) in [6.45, 7) is 5.17. The minimum absolute atomic E-state index is 0.0469. The molecule has 2 amide bonds. The summed E-state index contributed by atoms with van der Waals surface area (Å²) in [5, 5.41) is 19.4. The highest BCUT2D eigenvalue weighted by molar-refractivity contribution is 5.90. The molecule has 0 saturated heterocycles. The molecular weight excluding hydrogens is 320 g/mol. The number of carboxylic acid groups (broad SMARTS) is 1. The summed E-state index contributed by atoms with van der Waals surface area (Å²) in [7, 11) is 0. The first-order chi connectivity index (χ1) is 11.9. The number of urea groups is 1. The van der Waals surface area contributed by atoms with Gasteiger partial charge in [-0.3, -0.25) is 9.48 Å². The maximum absolute atomic E-state index is 12.3. The molecule has 3 N–H and O–H groups in total. The minimum Gasteiger partial charge on any atom is -0.481 e. The lowest BCUT2D eigenvalue weighted by Gasteiger charge is -2.26. The molecule has 25 heavy (non-hydrogen) atoms. The van der Waals surface area contributed by atoms with Gasteiger partial charge in [0.15, 0.2) is 0 Å². The van der Waals surface area contributed by atoms with Crippen LogP contribution < -0.4 is 10.6 Å². The number of nitrogens with zero attached hydrogens (tertiary/aromatic N) is 2. The van der Waals surface area contributed by atoms with Crippen LogP contribution in [0.5, 0.6) is 0 Å². The maximum Gasteiger partial charge on any atom is 0.319 e. The van der Waals surface area contributed by atoms with E-state index in [-0.39, 0.29) is 18.0 Å². The first-order valence-corrected chi connectivity index (χ1v) is 9.30. The van der Waals surface area contributed by atoms with Crippen molar-refractivity contribution >= 4 is 17.7 Å². The van der Waals surface area contributed by atoms with Crippen LogP contribution in [0.1, 0.15) is 64.0 Å². The quantitative estimate of drug-likeness (QED) is 0.735. The largest absolute Gasteiger partial charge is 0.481 e. The van der Waals surface area contributed by atoms with Crippen LogP contribution in [0.2, 0.25) is 0 Å². The van der Waals surface area contributed by atoms with E-state index in [1.165, 1.54) is 0 Å². The molecule has 1 aromatic heterocycles. The number of aliphatic carboxylic acids is 1. The molecule has 2 aliphatic carbocycles. The van der Waals surface area contributed by atoms with Crippen LogP contribution in [0.25, 0.3) is 0 Å². The van der Waals surface area contributed by atoms with E-state index in [0.717, 1.165) is 30.8 Å². The van der Waals surface area contributed by atoms with Crippen molar-refractivity contribution in [1.29, 1.82) is 0 Å². The van der Waals surface area contributed by atoms with E-state index in [1.807, 2.05) is 4.68 Å². The average molecular weight is 348 g/mol. The lowest BCUT2D eigenvalue weighted by molar-refractivity contribution is -0.142. The predicted octanol–water partition coefficient (Wildman–Crippen LogP) is 3.18. The highest BCUT2D eigenvalue weighted by Gasteiger charge is 2.31. The van der Waals surface area contributed by atoms with Gasteiger partial charge in [-0.15, -0.1) is 0 Å². The zero-order valence-corrected chi connectivity index (χ0v) is 15.0. The highest BCUT2D eigenvalue weighted by Crippen LogP contribution is 2.43. The van der Waals surface area contributed by atoms with Crippen molar-refractivity contribution in [3.63, 3.8) is 0 Å². The van der Waals surface area contributed by atoms with Gasteiger partial charge in [0.05, 0.1) is 23.5 Å². The summed E-state index contributed by atoms with van der Waals surface area (Å²) in [5.41, 5.74) is 1.94. The Morgan fingerprint density at radius 3 is 2.48 bits per heavy atom. The topological polar surface area (TPSA) is 96.3 Å². The molecule has 0 atom stereocenters. The zero-order chi connectivity index (χ0) is 18.0. The van der Waals surface area contributed by atoms with Crippen LogP contribution in [0.15, 0.2) is 6.20 Å². The average Bonchev–Trinajstić information content (AvgIpc) is 3.31. The van der Waals surface area contributed by atoms with Crippen LogP contribution in [0.3, 0.4) is 0 Å². The van der Waals surface area contributed by atoms with E-state index < -0.39 is 5.97 Å². The fourth-order valence-corrected chi connectivity index (χ4v) is 3.60. The maximum atomic E-state index is 12.3. The SMILES string of the molecule is CC(C)Cn1ncc(NC(=O)NC2CCC(C(=O)O)CC2)c1C1CC1. The predicted molar refractivity (Wildman–Crippen MR) is 94.6 cm³/mol. The van der Waals surface area contributed by atoms with Crippen molar-refractivity contribution < 1.29 is 14.7 Å².